The molecule has 2 aromatic carbocycles. The molecule has 0 bridgehead atoms. The lowest BCUT2D eigenvalue weighted by molar-refractivity contribution is -0.130. The number of hydrogen-bond donors (Lipinski definition) is 0. The third-order valence-corrected chi connectivity index (χ3v) is 5.42. The Labute approximate surface area is 193 Å². The minimum atomic E-state index is -0.528. The van der Waals surface area contributed by atoms with Crippen LogP contribution in [0.2, 0.25) is 0 Å². The van der Waals surface area contributed by atoms with Gasteiger partial charge in [-0.15, -0.1) is 0 Å². The second-order valence-corrected chi connectivity index (χ2v) is 7.95. The number of cyclic esters (lactones) is 1. The predicted molar refractivity (Wildman–Crippen MR) is 125 cm³/mol. The number of carbonyl (C=O) groups excluding carboxylic acids is 1. The zero-order valence-corrected chi connectivity index (χ0v) is 19.2. The number of esters is 1. The summed E-state index contributed by atoms with van der Waals surface area (Å²) in [4.78, 5) is 16.5. The Morgan fingerprint density at radius 3 is 2.71 bits per heavy atom. The van der Waals surface area contributed by atoms with Gasteiger partial charge in [-0.3, -0.25) is 0 Å². The molecule has 7 heteroatoms. The summed E-state index contributed by atoms with van der Waals surface area (Å²) in [6.45, 7) is 4.89. The van der Waals surface area contributed by atoms with Crippen LogP contribution >= 0.6 is 22.6 Å². The van der Waals surface area contributed by atoms with Crippen LogP contribution in [0.15, 0.2) is 69.9 Å². The van der Waals surface area contributed by atoms with Gasteiger partial charge in [-0.05, 0) is 83.5 Å². The molecule has 1 aliphatic heterocycles. The van der Waals surface area contributed by atoms with E-state index < -0.39 is 5.97 Å². The van der Waals surface area contributed by atoms with Gasteiger partial charge in [0, 0.05) is 0 Å². The predicted octanol–water partition coefficient (Wildman–Crippen LogP) is 5.51. The molecule has 0 atom stereocenters. The number of ether oxygens (including phenoxy) is 3. The molecular weight excluding hydrogens is 509 g/mol. The van der Waals surface area contributed by atoms with Crippen molar-refractivity contribution in [3.8, 4) is 11.5 Å². The minimum Gasteiger partial charge on any atom is -0.490 e. The molecule has 1 aliphatic rings. The first-order valence-electron chi connectivity index (χ1n) is 9.75. The van der Waals surface area contributed by atoms with E-state index in [1.54, 1.807) is 18.2 Å². The Bertz CT molecular complexity index is 1160. The van der Waals surface area contributed by atoms with E-state index in [-0.39, 0.29) is 11.6 Å². The molecule has 158 valence electrons. The number of benzene rings is 2. The van der Waals surface area contributed by atoms with E-state index >= 15 is 0 Å². The fourth-order valence-corrected chi connectivity index (χ4v) is 3.85. The van der Waals surface area contributed by atoms with E-state index in [1.165, 1.54) is 11.8 Å². The number of hydrogen-bond acceptors (Lipinski definition) is 6. The van der Waals surface area contributed by atoms with Crippen molar-refractivity contribution in [2.75, 3.05) is 6.61 Å². The van der Waals surface area contributed by atoms with Gasteiger partial charge in [-0.1, -0.05) is 24.3 Å². The van der Waals surface area contributed by atoms with Crippen LogP contribution in [0, 0.1) is 10.5 Å². The molecular formula is C24H20INO5. The van der Waals surface area contributed by atoms with Gasteiger partial charge in [-0.25, -0.2) is 9.79 Å². The van der Waals surface area contributed by atoms with Crippen molar-refractivity contribution in [1.82, 2.24) is 0 Å². The van der Waals surface area contributed by atoms with E-state index in [0.29, 0.717) is 30.5 Å². The number of furan rings is 1. The number of rotatable bonds is 7. The van der Waals surface area contributed by atoms with Crippen LogP contribution in [-0.4, -0.2) is 18.5 Å². The van der Waals surface area contributed by atoms with Gasteiger partial charge in [0.15, 0.2) is 23.0 Å². The second-order valence-electron chi connectivity index (χ2n) is 6.79. The van der Waals surface area contributed by atoms with Gasteiger partial charge in [-0.2, -0.15) is 0 Å². The second kappa shape index (κ2) is 9.38. The van der Waals surface area contributed by atoms with Gasteiger partial charge in [0.25, 0.3) is 5.90 Å². The van der Waals surface area contributed by atoms with Crippen LogP contribution in [0.4, 0.5) is 0 Å². The maximum Gasteiger partial charge on any atom is 0.363 e. The first-order valence-corrected chi connectivity index (χ1v) is 10.8. The molecule has 0 aliphatic carbocycles. The first-order chi connectivity index (χ1) is 15.0. The van der Waals surface area contributed by atoms with Crippen molar-refractivity contribution in [2.45, 2.75) is 20.5 Å². The van der Waals surface area contributed by atoms with Crippen molar-refractivity contribution < 1.29 is 23.4 Å². The molecule has 0 N–H and O–H groups in total. The van der Waals surface area contributed by atoms with Crippen molar-refractivity contribution in [3.63, 3.8) is 0 Å². The van der Waals surface area contributed by atoms with E-state index in [9.17, 15) is 4.79 Å². The smallest absolute Gasteiger partial charge is 0.363 e. The molecule has 0 saturated heterocycles. The first kappa shape index (κ1) is 21.2. The number of carbonyl (C=O) groups is 1. The highest BCUT2D eigenvalue weighted by Crippen LogP contribution is 2.36. The highest BCUT2D eigenvalue weighted by atomic mass is 127. The molecule has 0 spiro atoms. The molecule has 0 radical (unpaired) electrons. The quantitative estimate of drug-likeness (QED) is 0.229. The van der Waals surface area contributed by atoms with E-state index in [2.05, 4.69) is 40.6 Å². The Balaban J connectivity index is 1.62. The molecule has 6 nitrogen and oxygen atoms in total. The highest BCUT2D eigenvalue weighted by molar-refractivity contribution is 14.1. The Morgan fingerprint density at radius 1 is 1.13 bits per heavy atom. The summed E-state index contributed by atoms with van der Waals surface area (Å²) in [5, 5.41) is 0. The number of aryl methyl sites for hydroxylation is 1. The zero-order chi connectivity index (χ0) is 21.8. The zero-order valence-electron chi connectivity index (χ0n) is 17.1. The molecule has 0 saturated carbocycles. The third kappa shape index (κ3) is 4.82. The maximum absolute atomic E-state index is 12.2. The van der Waals surface area contributed by atoms with Crippen LogP contribution in [0.25, 0.3) is 6.08 Å². The van der Waals surface area contributed by atoms with Crippen molar-refractivity contribution >= 4 is 40.5 Å². The Kier molecular flexibility index (Phi) is 6.41. The normalized spacial score (nSPS) is 14.5. The van der Waals surface area contributed by atoms with E-state index in [1.807, 2.05) is 37.3 Å². The SMILES string of the molecule is CCOc1cc(C=C2N=C(c3ccco3)OC2=O)cc(I)c1OCc1ccccc1C. The van der Waals surface area contributed by atoms with Crippen LogP contribution in [0.3, 0.4) is 0 Å². The number of nitrogens with zero attached hydrogens (tertiary/aromatic N) is 1. The van der Waals surface area contributed by atoms with Gasteiger partial charge in [0.2, 0.25) is 0 Å². The highest BCUT2D eigenvalue weighted by Gasteiger charge is 2.26. The molecule has 0 fully saturated rings. The summed E-state index contributed by atoms with van der Waals surface area (Å²) in [7, 11) is 0. The van der Waals surface area contributed by atoms with Crippen LogP contribution in [-0.2, 0) is 16.1 Å². The maximum atomic E-state index is 12.2. The summed E-state index contributed by atoms with van der Waals surface area (Å²) in [6.07, 6.45) is 3.16. The fraction of sp³-hybridized carbons (Fsp3) is 0.167. The number of aliphatic imine (C=N–C) groups is 1. The van der Waals surface area contributed by atoms with Gasteiger partial charge >= 0.3 is 5.97 Å². The van der Waals surface area contributed by atoms with Gasteiger partial charge in [0.05, 0.1) is 16.4 Å². The van der Waals surface area contributed by atoms with Crippen molar-refractivity contribution in [2.24, 2.45) is 4.99 Å². The molecule has 31 heavy (non-hydrogen) atoms. The molecule has 0 unspecified atom stereocenters. The average molecular weight is 529 g/mol. The van der Waals surface area contributed by atoms with Gasteiger partial charge < -0.3 is 18.6 Å². The van der Waals surface area contributed by atoms with Crippen LogP contribution in [0.5, 0.6) is 11.5 Å². The fourth-order valence-electron chi connectivity index (χ4n) is 3.07. The lowest BCUT2D eigenvalue weighted by Gasteiger charge is -2.15. The molecule has 4 rings (SSSR count). The van der Waals surface area contributed by atoms with E-state index in [4.69, 9.17) is 18.6 Å². The summed E-state index contributed by atoms with van der Waals surface area (Å²) in [5.41, 5.74) is 3.23. The minimum absolute atomic E-state index is 0.152. The number of halogens is 1. The summed E-state index contributed by atoms with van der Waals surface area (Å²) >= 11 is 2.21. The largest absolute Gasteiger partial charge is 0.490 e. The monoisotopic (exact) mass is 529 g/mol. The molecule has 3 aromatic rings. The van der Waals surface area contributed by atoms with Crippen LogP contribution in [0.1, 0.15) is 29.4 Å². The van der Waals surface area contributed by atoms with Crippen molar-refractivity contribution in [3.05, 3.63) is 86.5 Å². The Morgan fingerprint density at radius 2 is 1.97 bits per heavy atom. The lowest BCUT2D eigenvalue weighted by Crippen LogP contribution is -2.04. The third-order valence-electron chi connectivity index (χ3n) is 4.62. The standard InChI is InChI=1S/C24H20INO5/c1-3-28-21-13-16(12-19-24(27)31-23(26-19)20-9-6-10-29-20)11-18(25)22(21)30-14-17-8-5-4-7-15(17)2/h4-13H,3,14H2,1-2H3. The van der Waals surface area contributed by atoms with Crippen LogP contribution < -0.4 is 9.47 Å². The molecule has 2 heterocycles. The molecule has 1 aromatic heterocycles. The molecule has 0 amide bonds. The topological polar surface area (TPSA) is 70.3 Å². The average Bonchev–Trinajstić information content (AvgIpc) is 3.39. The Hall–Kier alpha value is -3.07. The summed E-state index contributed by atoms with van der Waals surface area (Å²) in [6, 6.07) is 15.2. The lowest BCUT2D eigenvalue weighted by atomic mass is 10.1. The summed E-state index contributed by atoms with van der Waals surface area (Å²) in [5.74, 6) is 1.30. The van der Waals surface area contributed by atoms with E-state index in [0.717, 1.165) is 14.7 Å². The van der Waals surface area contributed by atoms with Crippen molar-refractivity contribution in [1.29, 1.82) is 0 Å². The summed E-state index contributed by atoms with van der Waals surface area (Å²) < 4.78 is 23.3. The van der Waals surface area contributed by atoms with Gasteiger partial charge in [0.1, 0.15) is 6.61 Å².